The van der Waals surface area contributed by atoms with E-state index in [0.29, 0.717) is 4.34 Å². The highest BCUT2D eigenvalue weighted by molar-refractivity contribution is 7.16. The summed E-state index contributed by atoms with van der Waals surface area (Å²) in [4.78, 5) is 11.4. The number of rotatable bonds is 3. The zero-order chi connectivity index (χ0) is 14.3. The van der Waals surface area contributed by atoms with Gasteiger partial charge in [-0.2, -0.15) is 0 Å². The molecule has 0 fully saturated rings. The van der Waals surface area contributed by atoms with E-state index < -0.39 is 10.7 Å². The van der Waals surface area contributed by atoms with Crippen LogP contribution in [0.15, 0.2) is 24.3 Å². The van der Waals surface area contributed by atoms with Crippen molar-refractivity contribution in [2.24, 2.45) is 0 Å². The first kappa shape index (κ1) is 13.3. The number of nitro groups is 1. The van der Waals surface area contributed by atoms with E-state index in [-0.39, 0.29) is 17.4 Å². The summed E-state index contributed by atoms with van der Waals surface area (Å²) in [5.74, 6) is -0.495. The van der Waals surface area contributed by atoms with Crippen LogP contribution in [0.4, 0.5) is 15.8 Å². The Hall–Kier alpha value is -1.66. The molecule has 104 valence electrons. The van der Waals surface area contributed by atoms with Crippen molar-refractivity contribution in [3.63, 3.8) is 0 Å². The molecule has 1 atom stereocenters. The van der Waals surface area contributed by atoms with Gasteiger partial charge in [-0.3, -0.25) is 10.1 Å². The van der Waals surface area contributed by atoms with Gasteiger partial charge in [0.1, 0.15) is 5.82 Å². The van der Waals surface area contributed by atoms with Crippen LogP contribution in [0.1, 0.15) is 22.9 Å². The first-order chi connectivity index (χ1) is 9.54. The standard InChI is InChI=1S/C13H10ClFN2O2S/c14-13-6-8-10(3-4-12(8)20-13)16-11-5-7(17(18)19)1-2-9(11)15/h1-2,5-6,10,16H,3-4H2. The maximum Gasteiger partial charge on any atom is 0.271 e. The van der Waals surface area contributed by atoms with Crippen molar-refractivity contribution in [1.29, 1.82) is 0 Å². The minimum Gasteiger partial charge on any atom is -0.376 e. The summed E-state index contributed by atoms with van der Waals surface area (Å²) in [5.41, 5.74) is 1.08. The highest BCUT2D eigenvalue weighted by Crippen LogP contribution is 2.41. The Kier molecular flexibility index (Phi) is 3.35. The molecule has 1 aromatic carbocycles. The van der Waals surface area contributed by atoms with E-state index in [1.165, 1.54) is 22.3 Å². The molecule has 1 N–H and O–H groups in total. The molecule has 0 aliphatic heterocycles. The second-order valence-corrected chi connectivity index (χ2v) is 6.35. The van der Waals surface area contributed by atoms with Gasteiger partial charge in [-0.15, -0.1) is 11.3 Å². The molecule has 4 nitrogen and oxygen atoms in total. The van der Waals surface area contributed by atoms with Crippen LogP contribution in [0.5, 0.6) is 0 Å². The van der Waals surface area contributed by atoms with E-state index >= 15 is 0 Å². The summed E-state index contributed by atoms with van der Waals surface area (Å²) in [6, 6.07) is 5.31. The third-order valence-corrected chi connectivity index (χ3v) is 4.68. The third kappa shape index (κ3) is 2.36. The summed E-state index contributed by atoms with van der Waals surface area (Å²) >= 11 is 7.50. The summed E-state index contributed by atoms with van der Waals surface area (Å²) in [5, 5.41) is 13.8. The van der Waals surface area contributed by atoms with E-state index in [1.807, 2.05) is 6.07 Å². The monoisotopic (exact) mass is 312 g/mol. The number of nitrogens with one attached hydrogen (secondary N) is 1. The number of halogens is 2. The molecule has 1 aliphatic rings. The topological polar surface area (TPSA) is 55.2 Å². The molecule has 7 heteroatoms. The van der Waals surface area contributed by atoms with Crippen LogP contribution < -0.4 is 5.32 Å². The largest absolute Gasteiger partial charge is 0.376 e. The zero-order valence-electron chi connectivity index (χ0n) is 10.2. The normalized spacial score (nSPS) is 17.0. The van der Waals surface area contributed by atoms with Gasteiger partial charge in [0.05, 0.1) is 21.0 Å². The number of anilines is 1. The molecule has 2 aromatic rings. The minimum atomic E-state index is -0.536. The predicted octanol–water partition coefficient (Wildman–Crippen LogP) is 4.55. The van der Waals surface area contributed by atoms with Gasteiger partial charge in [0.25, 0.3) is 5.69 Å². The first-order valence-electron chi connectivity index (χ1n) is 6.03. The second kappa shape index (κ2) is 5.03. The highest BCUT2D eigenvalue weighted by atomic mass is 35.5. The minimum absolute atomic E-state index is 0.0507. The van der Waals surface area contributed by atoms with E-state index in [0.717, 1.165) is 30.5 Å². The molecule has 1 heterocycles. The Bertz CT molecular complexity index is 689. The van der Waals surface area contributed by atoms with Gasteiger partial charge < -0.3 is 5.32 Å². The number of aryl methyl sites for hydroxylation is 1. The Morgan fingerprint density at radius 1 is 1.45 bits per heavy atom. The molecule has 1 unspecified atom stereocenters. The number of non-ortho nitro benzene ring substituents is 1. The number of benzene rings is 1. The zero-order valence-corrected chi connectivity index (χ0v) is 11.8. The van der Waals surface area contributed by atoms with Gasteiger partial charge in [0.2, 0.25) is 0 Å². The molecular formula is C13H10ClFN2O2S. The van der Waals surface area contributed by atoms with Gasteiger partial charge >= 0.3 is 0 Å². The second-order valence-electron chi connectivity index (χ2n) is 4.59. The summed E-state index contributed by atoms with van der Waals surface area (Å²) in [6.07, 6.45) is 1.72. The molecule has 0 saturated carbocycles. The maximum atomic E-state index is 13.8. The number of nitrogens with zero attached hydrogens (tertiary/aromatic N) is 1. The molecule has 0 saturated heterocycles. The van der Waals surface area contributed by atoms with E-state index in [4.69, 9.17) is 11.6 Å². The molecular weight excluding hydrogens is 303 g/mol. The van der Waals surface area contributed by atoms with Crippen LogP contribution in [0.2, 0.25) is 4.34 Å². The number of hydrogen-bond donors (Lipinski definition) is 1. The van der Waals surface area contributed by atoms with Crippen LogP contribution in [-0.4, -0.2) is 4.92 Å². The lowest BCUT2D eigenvalue weighted by Crippen LogP contribution is -2.08. The molecule has 1 aromatic heterocycles. The molecule has 0 amide bonds. The van der Waals surface area contributed by atoms with Crippen LogP contribution >= 0.6 is 22.9 Å². The van der Waals surface area contributed by atoms with E-state index in [9.17, 15) is 14.5 Å². The van der Waals surface area contributed by atoms with Crippen molar-refractivity contribution in [2.75, 3.05) is 5.32 Å². The number of fused-ring (bicyclic) bond motifs is 1. The summed E-state index contributed by atoms with van der Waals surface area (Å²) < 4.78 is 14.5. The van der Waals surface area contributed by atoms with Crippen molar-refractivity contribution in [1.82, 2.24) is 0 Å². The quantitative estimate of drug-likeness (QED) is 0.668. The van der Waals surface area contributed by atoms with Crippen molar-refractivity contribution in [3.8, 4) is 0 Å². The van der Waals surface area contributed by atoms with Crippen molar-refractivity contribution >= 4 is 34.3 Å². The fraction of sp³-hybridized carbons (Fsp3) is 0.231. The number of nitro benzene ring substituents is 1. The van der Waals surface area contributed by atoms with Crippen LogP contribution in [0.25, 0.3) is 0 Å². The molecule has 0 spiro atoms. The Morgan fingerprint density at radius 3 is 3.00 bits per heavy atom. The molecule has 3 rings (SSSR count). The molecule has 0 bridgehead atoms. The molecule has 0 radical (unpaired) electrons. The fourth-order valence-corrected chi connectivity index (χ4v) is 3.76. The third-order valence-electron chi connectivity index (χ3n) is 3.34. The Morgan fingerprint density at radius 2 is 2.25 bits per heavy atom. The highest BCUT2D eigenvalue weighted by Gasteiger charge is 2.26. The van der Waals surface area contributed by atoms with Gasteiger partial charge in [0.15, 0.2) is 0 Å². The van der Waals surface area contributed by atoms with Crippen LogP contribution in [-0.2, 0) is 6.42 Å². The average molecular weight is 313 g/mol. The lowest BCUT2D eigenvalue weighted by atomic mass is 10.1. The smallest absolute Gasteiger partial charge is 0.271 e. The Labute approximate surface area is 123 Å². The lowest BCUT2D eigenvalue weighted by Gasteiger charge is -2.15. The Balaban J connectivity index is 1.88. The lowest BCUT2D eigenvalue weighted by molar-refractivity contribution is -0.384. The summed E-state index contributed by atoms with van der Waals surface area (Å²) in [7, 11) is 0. The van der Waals surface area contributed by atoms with Gasteiger partial charge in [-0.1, -0.05) is 11.6 Å². The van der Waals surface area contributed by atoms with Crippen molar-refractivity contribution < 1.29 is 9.31 Å². The first-order valence-corrected chi connectivity index (χ1v) is 7.22. The van der Waals surface area contributed by atoms with Gasteiger partial charge in [0, 0.05) is 17.0 Å². The van der Waals surface area contributed by atoms with E-state index in [1.54, 1.807) is 0 Å². The summed E-state index contributed by atoms with van der Waals surface area (Å²) in [6.45, 7) is 0. The van der Waals surface area contributed by atoms with Crippen molar-refractivity contribution in [3.05, 3.63) is 55.0 Å². The predicted molar refractivity (Wildman–Crippen MR) is 77.1 cm³/mol. The van der Waals surface area contributed by atoms with Crippen LogP contribution in [0, 0.1) is 15.9 Å². The fourth-order valence-electron chi connectivity index (χ4n) is 2.41. The molecule has 20 heavy (non-hydrogen) atoms. The van der Waals surface area contributed by atoms with Crippen LogP contribution in [0.3, 0.4) is 0 Å². The van der Waals surface area contributed by atoms with Crippen molar-refractivity contribution in [2.45, 2.75) is 18.9 Å². The maximum absolute atomic E-state index is 13.8. The van der Waals surface area contributed by atoms with Gasteiger partial charge in [-0.25, -0.2) is 4.39 Å². The van der Waals surface area contributed by atoms with Gasteiger partial charge in [-0.05, 0) is 30.5 Å². The average Bonchev–Trinajstić information content (AvgIpc) is 2.92. The van der Waals surface area contributed by atoms with E-state index in [2.05, 4.69) is 5.32 Å². The number of hydrogen-bond acceptors (Lipinski definition) is 4. The number of thiophene rings is 1. The molecule has 1 aliphatic carbocycles. The SMILES string of the molecule is O=[N+]([O-])c1ccc(F)c(NC2CCc3sc(Cl)cc32)c1.